The number of amides is 1. The van der Waals surface area contributed by atoms with Gasteiger partial charge in [0.1, 0.15) is 23.2 Å². The molecule has 11 heteroatoms. The van der Waals surface area contributed by atoms with Gasteiger partial charge in [-0.25, -0.2) is 4.98 Å². The van der Waals surface area contributed by atoms with Gasteiger partial charge in [0.2, 0.25) is 11.9 Å². The normalized spacial score (nSPS) is 17.1. The van der Waals surface area contributed by atoms with Crippen LogP contribution in [0.4, 0.5) is 19.1 Å². The first-order valence-corrected chi connectivity index (χ1v) is 7.57. The van der Waals surface area contributed by atoms with Crippen molar-refractivity contribution in [3.05, 3.63) is 23.9 Å². The zero-order valence-corrected chi connectivity index (χ0v) is 13.5. The van der Waals surface area contributed by atoms with Gasteiger partial charge >= 0.3 is 6.36 Å². The number of phenols is 1. The number of phenolic OH excluding ortho intramolecular Hbond substituents is 1. The van der Waals surface area contributed by atoms with Gasteiger partial charge in [0.05, 0.1) is 5.69 Å². The molecule has 1 aromatic heterocycles. The first-order valence-electron chi connectivity index (χ1n) is 7.57. The SMILES string of the molecule is Cc1nc(N[C@H]2CCNC2=O)nnc1-c1ccc(OC(F)(F)F)cc1O. The highest BCUT2D eigenvalue weighted by molar-refractivity contribution is 5.86. The molecule has 3 rings (SSSR count). The summed E-state index contributed by atoms with van der Waals surface area (Å²) >= 11 is 0. The van der Waals surface area contributed by atoms with E-state index in [-0.39, 0.29) is 23.1 Å². The van der Waals surface area contributed by atoms with Crippen LogP contribution >= 0.6 is 0 Å². The highest BCUT2D eigenvalue weighted by atomic mass is 19.4. The van der Waals surface area contributed by atoms with E-state index in [9.17, 15) is 23.1 Å². The van der Waals surface area contributed by atoms with Crippen LogP contribution in [0.2, 0.25) is 0 Å². The smallest absolute Gasteiger partial charge is 0.507 e. The second-order valence-electron chi connectivity index (χ2n) is 5.57. The van der Waals surface area contributed by atoms with Crippen molar-refractivity contribution in [1.82, 2.24) is 20.5 Å². The number of aromatic hydroxyl groups is 1. The Balaban J connectivity index is 1.82. The van der Waals surface area contributed by atoms with Gasteiger partial charge in [0.25, 0.3) is 0 Å². The van der Waals surface area contributed by atoms with Crippen molar-refractivity contribution in [2.24, 2.45) is 0 Å². The third-order valence-corrected chi connectivity index (χ3v) is 3.67. The maximum atomic E-state index is 12.2. The van der Waals surface area contributed by atoms with Gasteiger partial charge in [-0.15, -0.1) is 23.4 Å². The summed E-state index contributed by atoms with van der Waals surface area (Å²) in [5, 5.41) is 23.3. The molecule has 0 aliphatic carbocycles. The van der Waals surface area contributed by atoms with Crippen LogP contribution in [0.5, 0.6) is 11.5 Å². The zero-order valence-electron chi connectivity index (χ0n) is 13.5. The van der Waals surface area contributed by atoms with E-state index in [4.69, 9.17) is 0 Å². The Kier molecular flexibility index (Phi) is 4.53. The first kappa shape index (κ1) is 17.7. The fourth-order valence-corrected chi connectivity index (χ4v) is 2.51. The number of aryl methyl sites for hydroxylation is 1. The van der Waals surface area contributed by atoms with Crippen LogP contribution in [-0.2, 0) is 4.79 Å². The summed E-state index contributed by atoms with van der Waals surface area (Å²) in [4.78, 5) is 15.7. The summed E-state index contributed by atoms with van der Waals surface area (Å²) in [5.74, 6) is -1.03. The third-order valence-electron chi connectivity index (χ3n) is 3.67. The van der Waals surface area contributed by atoms with Crippen LogP contribution in [0.1, 0.15) is 12.1 Å². The van der Waals surface area contributed by atoms with Crippen LogP contribution < -0.4 is 15.4 Å². The first-order chi connectivity index (χ1) is 12.2. The number of aromatic nitrogens is 3. The van der Waals surface area contributed by atoms with E-state index in [1.54, 1.807) is 6.92 Å². The molecule has 1 atom stereocenters. The number of rotatable bonds is 4. The van der Waals surface area contributed by atoms with Gasteiger partial charge in [-0.2, -0.15) is 0 Å². The van der Waals surface area contributed by atoms with Crippen molar-refractivity contribution >= 4 is 11.9 Å². The predicted octanol–water partition coefficient (Wildman–Crippen LogP) is 1.75. The van der Waals surface area contributed by atoms with Crippen molar-refractivity contribution in [2.75, 3.05) is 11.9 Å². The van der Waals surface area contributed by atoms with E-state index in [1.807, 2.05) is 0 Å². The number of hydrogen-bond acceptors (Lipinski definition) is 7. The van der Waals surface area contributed by atoms with Gasteiger partial charge in [-0.3, -0.25) is 4.79 Å². The molecule has 0 spiro atoms. The lowest BCUT2D eigenvalue weighted by molar-refractivity contribution is -0.274. The molecular weight excluding hydrogens is 355 g/mol. The van der Waals surface area contributed by atoms with Crippen LogP contribution in [0.3, 0.4) is 0 Å². The van der Waals surface area contributed by atoms with Crippen LogP contribution in [0, 0.1) is 6.92 Å². The largest absolute Gasteiger partial charge is 0.573 e. The van der Waals surface area contributed by atoms with E-state index in [1.165, 1.54) is 6.07 Å². The van der Waals surface area contributed by atoms with Crippen molar-refractivity contribution in [3.8, 4) is 22.8 Å². The third kappa shape index (κ3) is 3.92. The molecule has 2 aromatic rings. The fraction of sp³-hybridized carbons (Fsp3) is 0.333. The molecule has 0 saturated carbocycles. The highest BCUT2D eigenvalue weighted by Gasteiger charge is 2.31. The monoisotopic (exact) mass is 369 g/mol. The van der Waals surface area contributed by atoms with E-state index in [0.717, 1.165) is 12.1 Å². The topological polar surface area (TPSA) is 109 Å². The Labute approximate surface area is 145 Å². The Morgan fingerprint density at radius 1 is 1.35 bits per heavy atom. The summed E-state index contributed by atoms with van der Waals surface area (Å²) in [6.45, 7) is 2.16. The number of nitrogens with zero attached hydrogens (tertiary/aromatic N) is 3. The molecule has 1 aliphatic rings. The minimum atomic E-state index is -4.86. The number of hydrogen-bond donors (Lipinski definition) is 3. The molecule has 1 saturated heterocycles. The Morgan fingerprint density at radius 3 is 2.69 bits per heavy atom. The van der Waals surface area contributed by atoms with E-state index in [0.29, 0.717) is 18.7 Å². The lowest BCUT2D eigenvalue weighted by atomic mass is 10.1. The molecule has 0 radical (unpaired) electrons. The average Bonchev–Trinajstić information content (AvgIpc) is 2.92. The average molecular weight is 369 g/mol. The lowest BCUT2D eigenvalue weighted by Crippen LogP contribution is -2.30. The lowest BCUT2D eigenvalue weighted by Gasteiger charge is -2.13. The number of nitrogens with one attached hydrogen (secondary N) is 2. The van der Waals surface area contributed by atoms with E-state index < -0.39 is 23.9 Å². The molecule has 1 fully saturated rings. The fourth-order valence-electron chi connectivity index (χ4n) is 2.51. The highest BCUT2D eigenvalue weighted by Crippen LogP contribution is 2.34. The van der Waals surface area contributed by atoms with Crippen LogP contribution in [0.25, 0.3) is 11.3 Å². The second kappa shape index (κ2) is 6.65. The molecule has 1 amide bonds. The molecule has 138 valence electrons. The second-order valence-corrected chi connectivity index (χ2v) is 5.57. The summed E-state index contributed by atoms with van der Waals surface area (Å²) in [6, 6.07) is 2.67. The van der Waals surface area contributed by atoms with Gasteiger partial charge in [-0.1, -0.05) is 0 Å². The van der Waals surface area contributed by atoms with Crippen LogP contribution in [-0.4, -0.2) is 45.1 Å². The zero-order chi connectivity index (χ0) is 18.9. The molecule has 26 heavy (non-hydrogen) atoms. The van der Waals surface area contributed by atoms with Gasteiger partial charge in [0.15, 0.2) is 0 Å². The molecule has 0 bridgehead atoms. The molecular formula is C15H14F3N5O3. The number of ether oxygens (including phenoxy) is 1. The number of carbonyl (C=O) groups excluding carboxylic acids is 1. The summed E-state index contributed by atoms with van der Waals surface area (Å²) in [6.07, 6.45) is -4.27. The van der Waals surface area contributed by atoms with Crippen LogP contribution in [0.15, 0.2) is 18.2 Å². The van der Waals surface area contributed by atoms with Crippen molar-refractivity contribution in [3.63, 3.8) is 0 Å². The number of halogens is 3. The number of anilines is 1. The molecule has 0 unspecified atom stereocenters. The number of alkyl halides is 3. The molecule has 1 aromatic carbocycles. The number of carbonyl (C=O) groups is 1. The standard InChI is InChI=1S/C15H14F3N5O3/c1-7-12(9-3-2-8(6-11(9)24)26-15(16,17)18)22-23-14(20-7)21-10-4-5-19-13(10)25/h2-3,6,10,24H,4-5H2,1H3,(H,19,25)(H,20,21,23)/t10-/m0/s1. The van der Waals surface area contributed by atoms with Crippen molar-refractivity contribution in [2.45, 2.75) is 25.7 Å². The number of benzene rings is 1. The minimum Gasteiger partial charge on any atom is -0.507 e. The molecule has 1 aliphatic heterocycles. The summed E-state index contributed by atoms with van der Waals surface area (Å²) in [7, 11) is 0. The molecule has 3 N–H and O–H groups in total. The summed E-state index contributed by atoms with van der Waals surface area (Å²) in [5.41, 5.74) is 0.727. The van der Waals surface area contributed by atoms with Crippen molar-refractivity contribution < 1.29 is 27.8 Å². The molecule has 2 heterocycles. The van der Waals surface area contributed by atoms with Gasteiger partial charge in [0, 0.05) is 18.2 Å². The summed E-state index contributed by atoms with van der Waals surface area (Å²) < 4.78 is 40.4. The maximum Gasteiger partial charge on any atom is 0.573 e. The van der Waals surface area contributed by atoms with Gasteiger partial charge in [-0.05, 0) is 25.5 Å². The Bertz CT molecular complexity index is 844. The Hall–Kier alpha value is -3.11. The van der Waals surface area contributed by atoms with E-state index >= 15 is 0 Å². The van der Waals surface area contributed by atoms with Gasteiger partial charge < -0.3 is 20.5 Å². The maximum absolute atomic E-state index is 12.2. The van der Waals surface area contributed by atoms with Crippen molar-refractivity contribution in [1.29, 1.82) is 0 Å². The minimum absolute atomic E-state index is 0.143. The van der Waals surface area contributed by atoms with E-state index in [2.05, 4.69) is 30.6 Å². The predicted molar refractivity (Wildman–Crippen MR) is 83.4 cm³/mol. The molecule has 8 nitrogen and oxygen atoms in total. The Morgan fingerprint density at radius 2 is 2.12 bits per heavy atom. The quantitative estimate of drug-likeness (QED) is 0.753.